The van der Waals surface area contributed by atoms with Crippen LogP contribution in [0.15, 0.2) is 36.4 Å². The fourth-order valence-corrected chi connectivity index (χ4v) is 5.29. The maximum Gasteiger partial charge on any atom is 0.310 e. The summed E-state index contributed by atoms with van der Waals surface area (Å²) in [5, 5.41) is 3.44. The molecule has 1 fully saturated rings. The Morgan fingerprint density at radius 3 is 2.59 bits per heavy atom. The lowest BCUT2D eigenvalue weighted by Crippen LogP contribution is -2.39. The molecular formula is C19H18Cl2N2O3S. The third kappa shape index (κ3) is 3.58. The van der Waals surface area contributed by atoms with Crippen molar-refractivity contribution in [3.05, 3.63) is 36.4 Å². The summed E-state index contributed by atoms with van der Waals surface area (Å²) < 4.78 is 6.44. The number of hydrogen-bond donors (Lipinski definition) is 1. The average Bonchev–Trinajstić information content (AvgIpc) is 3.38. The van der Waals surface area contributed by atoms with Crippen molar-refractivity contribution in [2.45, 2.75) is 12.5 Å². The Kier molecular flexibility index (Phi) is 5.39. The van der Waals surface area contributed by atoms with Crippen LogP contribution in [0, 0.1) is 23.7 Å². The number of carbonyl (C=O) groups excluding carboxylic acids is 2. The molecule has 4 rings (SSSR count). The number of hydrogen-bond acceptors (Lipinski definition) is 5. The molecule has 2 aliphatic rings. The van der Waals surface area contributed by atoms with Gasteiger partial charge in [0.1, 0.15) is 6.10 Å². The minimum absolute atomic E-state index is 0.0138. The van der Waals surface area contributed by atoms with E-state index in [1.807, 2.05) is 36.4 Å². The van der Waals surface area contributed by atoms with Gasteiger partial charge in [0.2, 0.25) is 5.91 Å². The number of allylic oxidation sites excluding steroid dienone is 2. The highest BCUT2D eigenvalue weighted by molar-refractivity contribution is 7.22. The van der Waals surface area contributed by atoms with E-state index in [9.17, 15) is 9.59 Å². The molecule has 0 radical (unpaired) electrons. The quantitative estimate of drug-likeness (QED) is 0.431. The second kappa shape index (κ2) is 7.78. The van der Waals surface area contributed by atoms with Crippen molar-refractivity contribution in [3.63, 3.8) is 0 Å². The number of benzene rings is 1. The summed E-state index contributed by atoms with van der Waals surface area (Å²) >= 11 is 13.0. The van der Waals surface area contributed by atoms with Crippen molar-refractivity contribution in [3.8, 4) is 0 Å². The van der Waals surface area contributed by atoms with Crippen LogP contribution in [0.25, 0.3) is 10.2 Å². The number of para-hydroxylation sites is 1. The van der Waals surface area contributed by atoms with E-state index < -0.39 is 23.9 Å². The molecule has 27 heavy (non-hydrogen) atoms. The average molecular weight is 425 g/mol. The zero-order chi connectivity index (χ0) is 19.0. The van der Waals surface area contributed by atoms with Crippen LogP contribution in [0.3, 0.4) is 0 Å². The summed E-state index contributed by atoms with van der Waals surface area (Å²) in [6, 6.07) is 7.70. The molecule has 1 aromatic heterocycles. The molecular weight excluding hydrogens is 407 g/mol. The van der Waals surface area contributed by atoms with Crippen molar-refractivity contribution in [1.29, 1.82) is 0 Å². The Morgan fingerprint density at radius 1 is 1.19 bits per heavy atom. The van der Waals surface area contributed by atoms with Gasteiger partial charge in [-0.15, -0.1) is 23.2 Å². The minimum atomic E-state index is -0.545. The molecule has 2 aromatic rings. The summed E-state index contributed by atoms with van der Waals surface area (Å²) in [4.78, 5) is 30.1. The minimum Gasteiger partial charge on any atom is -0.460 e. The number of aromatic nitrogens is 1. The van der Waals surface area contributed by atoms with E-state index in [-0.39, 0.29) is 29.5 Å². The molecule has 1 N–H and O–H groups in total. The number of amides is 1. The number of nitrogens with zero attached hydrogens (tertiary/aromatic N) is 1. The third-order valence-corrected chi connectivity index (χ3v) is 6.83. The Bertz CT molecular complexity index is 863. The number of esters is 1. The smallest absolute Gasteiger partial charge is 0.310 e. The number of fused-ring (bicyclic) bond motifs is 3. The van der Waals surface area contributed by atoms with Gasteiger partial charge >= 0.3 is 5.97 Å². The van der Waals surface area contributed by atoms with Crippen LogP contribution in [0.4, 0.5) is 5.13 Å². The fourth-order valence-electron chi connectivity index (χ4n) is 3.96. The number of thiazole rings is 1. The van der Waals surface area contributed by atoms with E-state index in [0.717, 1.165) is 16.6 Å². The van der Waals surface area contributed by atoms with Crippen LogP contribution in [-0.4, -0.2) is 34.7 Å². The van der Waals surface area contributed by atoms with Gasteiger partial charge in [-0.05, 0) is 30.4 Å². The van der Waals surface area contributed by atoms with Gasteiger partial charge in [-0.25, -0.2) is 4.98 Å². The standard InChI is InChI=1S/C19H18Cl2N2O3S/c20-8-12(9-21)26-18(25)16-11-6-5-10(7-11)15(16)17(24)23-19-22-13-3-1-2-4-14(13)27-19/h1-6,10-12,15-16H,7-9H2,(H,22,23,24)/t10-,11-,15+,16-/m0/s1. The lowest BCUT2D eigenvalue weighted by Gasteiger charge is -2.26. The van der Waals surface area contributed by atoms with Crippen LogP contribution in [0.2, 0.25) is 0 Å². The van der Waals surface area contributed by atoms with Crippen LogP contribution in [0.1, 0.15) is 6.42 Å². The number of carbonyl (C=O) groups is 2. The first-order valence-electron chi connectivity index (χ1n) is 8.78. The van der Waals surface area contributed by atoms with Crippen LogP contribution in [-0.2, 0) is 14.3 Å². The Labute approximate surface area is 170 Å². The van der Waals surface area contributed by atoms with E-state index in [4.69, 9.17) is 27.9 Å². The first-order chi connectivity index (χ1) is 13.1. The van der Waals surface area contributed by atoms with Gasteiger partial charge in [-0.2, -0.15) is 0 Å². The molecule has 1 aromatic carbocycles. The van der Waals surface area contributed by atoms with Crippen LogP contribution < -0.4 is 5.32 Å². The summed E-state index contributed by atoms with van der Waals surface area (Å²) in [5.41, 5.74) is 0.841. The SMILES string of the molecule is O=C(OC(CCl)CCl)[C@@H]1[C@H](C(=O)Nc2nc3ccccc3s2)[C@H]2C=C[C@H]1C2. The molecule has 1 saturated carbocycles. The molecule has 8 heteroatoms. The Morgan fingerprint density at radius 2 is 1.89 bits per heavy atom. The number of rotatable bonds is 6. The highest BCUT2D eigenvalue weighted by Gasteiger charge is 2.52. The molecule has 0 saturated heterocycles. The van der Waals surface area contributed by atoms with Crippen molar-refractivity contribution in [1.82, 2.24) is 4.98 Å². The van der Waals surface area contributed by atoms with Gasteiger partial charge in [-0.1, -0.05) is 35.6 Å². The molecule has 0 spiro atoms. The highest BCUT2D eigenvalue weighted by Crippen LogP contribution is 2.49. The van der Waals surface area contributed by atoms with Gasteiger partial charge in [-0.3, -0.25) is 9.59 Å². The lowest BCUT2D eigenvalue weighted by molar-refractivity contribution is -0.156. The largest absolute Gasteiger partial charge is 0.460 e. The zero-order valence-corrected chi connectivity index (χ0v) is 16.6. The van der Waals surface area contributed by atoms with Crippen molar-refractivity contribution in [2.24, 2.45) is 23.7 Å². The molecule has 1 heterocycles. The third-order valence-electron chi connectivity index (χ3n) is 5.19. The summed E-state index contributed by atoms with van der Waals surface area (Å²) in [5.74, 6) is -1.26. The first kappa shape index (κ1) is 18.7. The van der Waals surface area contributed by atoms with Gasteiger partial charge in [0, 0.05) is 0 Å². The highest BCUT2D eigenvalue weighted by atomic mass is 35.5. The maximum atomic E-state index is 13.0. The number of alkyl halides is 2. The second-order valence-corrected chi connectivity index (χ2v) is 8.49. The molecule has 2 bridgehead atoms. The molecule has 0 unspecified atom stereocenters. The van der Waals surface area contributed by atoms with Gasteiger partial charge < -0.3 is 10.1 Å². The molecule has 2 aliphatic carbocycles. The van der Waals surface area contributed by atoms with E-state index in [1.54, 1.807) is 0 Å². The Balaban J connectivity index is 1.52. The first-order valence-corrected chi connectivity index (χ1v) is 10.7. The van der Waals surface area contributed by atoms with Gasteiger partial charge in [0.15, 0.2) is 5.13 Å². The number of anilines is 1. The predicted molar refractivity (Wildman–Crippen MR) is 107 cm³/mol. The summed E-state index contributed by atoms with van der Waals surface area (Å²) in [7, 11) is 0. The molecule has 0 aliphatic heterocycles. The van der Waals surface area contributed by atoms with Gasteiger partial charge in [0.25, 0.3) is 0 Å². The Hall–Kier alpha value is -1.63. The lowest BCUT2D eigenvalue weighted by atomic mass is 9.82. The normalized spacial score (nSPS) is 26.0. The van der Waals surface area contributed by atoms with E-state index in [1.165, 1.54) is 11.3 Å². The fraction of sp³-hybridized carbons (Fsp3) is 0.421. The molecule has 142 valence electrons. The monoisotopic (exact) mass is 424 g/mol. The topological polar surface area (TPSA) is 68.3 Å². The molecule has 5 nitrogen and oxygen atoms in total. The van der Waals surface area contributed by atoms with E-state index in [0.29, 0.717) is 5.13 Å². The second-order valence-electron chi connectivity index (χ2n) is 6.84. The maximum absolute atomic E-state index is 13.0. The molecule has 4 atom stereocenters. The van der Waals surface area contributed by atoms with E-state index >= 15 is 0 Å². The molecule has 1 amide bonds. The van der Waals surface area contributed by atoms with Crippen molar-refractivity contribution >= 4 is 61.8 Å². The van der Waals surface area contributed by atoms with Crippen molar-refractivity contribution in [2.75, 3.05) is 17.1 Å². The number of ether oxygens (including phenoxy) is 1. The van der Waals surface area contributed by atoms with Gasteiger partial charge in [0.05, 0.1) is 33.8 Å². The zero-order valence-electron chi connectivity index (χ0n) is 14.3. The van der Waals surface area contributed by atoms with Crippen LogP contribution in [0.5, 0.6) is 0 Å². The van der Waals surface area contributed by atoms with Crippen LogP contribution >= 0.6 is 34.5 Å². The summed E-state index contributed by atoms with van der Waals surface area (Å²) in [6.07, 6.45) is 4.27. The number of halogens is 2. The van der Waals surface area contributed by atoms with Crippen molar-refractivity contribution < 1.29 is 14.3 Å². The summed E-state index contributed by atoms with van der Waals surface area (Å²) in [6.45, 7) is 0. The number of nitrogens with one attached hydrogen (secondary N) is 1. The van der Waals surface area contributed by atoms with E-state index in [2.05, 4.69) is 10.3 Å². The predicted octanol–water partition coefficient (Wildman–Crippen LogP) is 4.06.